The molecular weight excluding hydrogens is 322 g/mol. The van der Waals surface area contributed by atoms with Crippen LogP contribution in [-0.4, -0.2) is 17.0 Å². The number of nitrogens with zero attached hydrogens (tertiary/aromatic N) is 1. The van der Waals surface area contributed by atoms with Crippen LogP contribution >= 0.6 is 11.6 Å². The number of carbonyl (C=O) groups is 1. The molecule has 3 rings (SSSR count). The van der Waals surface area contributed by atoms with E-state index in [4.69, 9.17) is 21.1 Å². The summed E-state index contributed by atoms with van der Waals surface area (Å²) in [6, 6.07) is 11.0. The lowest BCUT2D eigenvalue weighted by Crippen LogP contribution is -2.27. The normalized spacial score (nSPS) is 15.6. The largest absolute Gasteiger partial charge is 0.478 e. The van der Waals surface area contributed by atoms with Gasteiger partial charge in [0.2, 0.25) is 0 Å². The fourth-order valence-electron chi connectivity index (χ4n) is 2.31. The van der Waals surface area contributed by atoms with Crippen LogP contribution in [0.3, 0.4) is 0 Å². The number of nitro groups is 1. The molecule has 0 bridgehead atoms. The van der Waals surface area contributed by atoms with Crippen molar-refractivity contribution in [2.45, 2.75) is 19.1 Å². The highest BCUT2D eigenvalue weighted by atomic mass is 35.5. The van der Waals surface area contributed by atoms with Crippen molar-refractivity contribution in [1.82, 2.24) is 0 Å². The number of rotatable bonds is 4. The van der Waals surface area contributed by atoms with Gasteiger partial charge < -0.3 is 9.47 Å². The maximum Gasteiger partial charge on any atom is 0.348 e. The summed E-state index contributed by atoms with van der Waals surface area (Å²) in [5, 5.41) is 11.2. The number of halogens is 1. The van der Waals surface area contributed by atoms with Crippen molar-refractivity contribution in [3.8, 4) is 5.75 Å². The SMILES string of the molecule is O=C(OCc1ccc([N+](=O)[O-])cc1)[C@H]1Cc2cc(Cl)ccc2O1. The number of fused-ring (bicyclic) bond motifs is 1. The molecule has 0 amide bonds. The van der Waals surface area contributed by atoms with Gasteiger partial charge in [-0.15, -0.1) is 0 Å². The first-order valence-corrected chi connectivity index (χ1v) is 7.26. The predicted molar refractivity (Wildman–Crippen MR) is 82.5 cm³/mol. The number of nitro benzene ring substituents is 1. The van der Waals surface area contributed by atoms with E-state index in [1.54, 1.807) is 30.3 Å². The molecule has 0 fully saturated rings. The molecule has 118 valence electrons. The van der Waals surface area contributed by atoms with Gasteiger partial charge >= 0.3 is 5.97 Å². The van der Waals surface area contributed by atoms with Gasteiger partial charge in [-0.2, -0.15) is 0 Å². The second kappa shape index (κ2) is 6.26. The van der Waals surface area contributed by atoms with Crippen LogP contribution in [0.2, 0.25) is 5.02 Å². The lowest BCUT2D eigenvalue weighted by Gasteiger charge is -2.10. The first-order valence-electron chi connectivity index (χ1n) is 6.88. The second-order valence-electron chi connectivity index (χ2n) is 5.09. The van der Waals surface area contributed by atoms with Gasteiger partial charge in [0, 0.05) is 23.6 Å². The maximum atomic E-state index is 12.1. The lowest BCUT2D eigenvalue weighted by molar-refractivity contribution is -0.384. The van der Waals surface area contributed by atoms with Crippen LogP contribution in [0.5, 0.6) is 5.75 Å². The molecule has 0 spiro atoms. The third-order valence-electron chi connectivity index (χ3n) is 3.49. The molecule has 0 aromatic heterocycles. The summed E-state index contributed by atoms with van der Waals surface area (Å²) in [5.74, 6) is 0.155. The van der Waals surface area contributed by atoms with Gasteiger partial charge in [0.15, 0.2) is 6.10 Å². The Labute approximate surface area is 136 Å². The summed E-state index contributed by atoms with van der Waals surface area (Å²) in [4.78, 5) is 22.2. The molecule has 0 N–H and O–H groups in total. The Hall–Kier alpha value is -2.60. The summed E-state index contributed by atoms with van der Waals surface area (Å²) in [7, 11) is 0. The Kier molecular flexibility index (Phi) is 4.16. The highest BCUT2D eigenvalue weighted by Crippen LogP contribution is 2.31. The van der Waals surface area contributed by atoms with Crippen LogP contribution in [0.15, 0.2) is 42.5 Å². The summed E-state index contributed by atoms with van der Waals surface area (Å²) >= 11 is 5.91. The molecule has 2 aromatic carbocycles. The lowest BCUT2D eigenvalue weighted by atomic mass is 10.1. The third-order valence-corrected chi connectivity index (χ3v) is 3.72. The van der Waals surface area contributed by atoms with E-state index in [1.165, 1.54) is 12.1 Å². The van der Waals surface area contributed by atoms with E-state index in [1.807, 2.05) is 0 Å². The van der Waals surface area contributed by atoms with E-state index in [0.29, 0.717) is 22.8 Å². The quantitative estimate of drug-likeness (QED) is 0.487. The molecule has 1 heterocycles. The predicted octanol–water partition coefficient (Wildman–Crippen LogP) is 3.30. The molecule has 1 aliphatic heterocycles. The van der Waals surface area contributed by atoms with Crippen molar-refractivity contribution in [3.63, 3.8) is 0 Å². The molecule has 0 saturated carbocycles. The van der Waals surface area contributed by atoms with Crippen molar-refractivity contribution < 1.29 is 19.2 Å². The number of benzene rings is 2. The number of hydrogen-bond acceptors (Lipinski definition) is 5. The standard InChI is InChI=1S/C16H12ClNO5/c17-12-3-6-14-11(7-12)8-15(23-14)16(19)22-9-10-1-4-13(5-2-10)18(20)21/h1-7,15H,8-9H2/t15-/m1/s1. The van der Waals surface area contributed by atoms with Crippen LogP contribution in [-0.2, 0) is 22.6 Å². The Bertz CT molecular complexity index is 760. The minimum absolute atomic E-state index is 0.00784. The van der Waals surface area contributed by atoms with Crippen molar-refractivity contribution >= 4 is 23.3 Å². The molecule has 1 aliphatic rings. The van der Waals surface area contributed by atoms with Crippen LogP contribution in [0, 0.1) is 10.1 Å². The number of hydrogen-bond donors (Lipinski definition) is 0. The zero-order valence-electron chi connectivity index (χ0n) is 11.9. The second-order valence-corrected chi connectivity index (χ2v) is 5.53. The minimum atomic E-state index is -0.693. The molecule has 0 unspecified atom stereocenters. The Morgan fingerprint density at radius 1 is 1.30 bits per heavy atom. The maximum absolute atomic E-state index is 12.1. The number of ether oxygens (including phenoxy) is 2. The molecule has 0 saturated heterocycles. The number of esters is 1. The van der Waals surface area contributed by atoms with Crippen molar-refractivity contribution in [3.05, 3.63) is 68.7 Å². The zero-order chi connectivity index (χ0) is 16.4. The average Bonchev–Trinajstić information content (AvgIpc) is 2.96. The average molecular weight is 334 g/mol. The Balaban J connectivity index is 1.57. The van der Waals surface area contributed by atoms with E-state index in [2.05, 4.69) is 0 Å². The van der Waals surface area contributed by atoms with E-state index in [0.717, 1.165) is 5.56 Å². The smallest absolute Gasteiger partial charge is 0.348 e. The van der Waals surface area contributed by atoms with Crippen LogP contribution in [0.4, 0.5) is 5.69 Å². The van der Waals surface area contributed by atoms with E-state index < -0.39 is 17.0 Å². The van der Waals surface area contributed by atoms with Gasteiger partial charge in [-0.1, -0.05) is 11.6 Å². The molecule has 23 heavy (non-hydrogen) atoms. The fourth-order valence-corrected chi connectivity index (χ4v) is 2.50. The molecule has 6 nitrogen and oxygen atoms in total. The van der Waals surface area contributed by atoms with E-state index in [-0.39, 0.29) is 12.3 Å². The summed E-state index contributed by atoms with van der Waals surface area (Å²) < 4.78 is 10.7. The Morgan fingerprint density at radius 3 is 2.74 bits per heavy atom. The monoisotopic (exact) mass is 333 g/mol. The molecular formula is C16H12ClNO5. The van der Waals surface area contributed by atoms with E-state index in [9.17, 15) is 14.9 Å². The van der Waals surface area contributed by atoms with Crippen molar-refractivity contribution in [2.24, 2.45) is 0 Å². The molecule has 2 aromatic rings. The molecule has 1 atom stereocenters. The zero-order valence-corrected chi connectivity index (χ0v) is 12.7. The molecule has 0 radical (unpaired) electrons. The van der Waals surface area contributed by atoms with Gasteiger partial charge in [-0.25, -0.2) is 4.79 Å². The van der Waals surface area contributed by atoms with Gasteiger partial charge in [0.25, 0.3) is 5.69 Å². The first kappa shape index (κ1) is 15.3. The van der Waals surface area contributed by atoms with Crippen molar-refractivity contribution in [2.75, 3.05) is 0 Å². The topological polar surface area (TPSA) is 78.7 Å². The summed E-state index contributed by atoms with van der Waals surface area (Å²) in [6.45, 7) is 0.0355. The summed E-state index contributed by atoms with van der Waals surface area (Å²) in [6.07, 6.45) is -0.281. The number of carbonyl (C=O) groups excluding carboxylic acids is 1. The van der Waals surface area contributed by atoms with E-state index >= 15 is 0 Å². The third kappa shape index (κ3) is 3.43. The highest BCUT2D eigenvalue weighted by molar-refractivity contribution is 6.30. The van der Waals surface area contributed by atoms with Gasteiger partial charge in [0.05, 0.1) is 4.92 Å². The highest BCUT2D eigenvalue weighted by Gasteiger charge is 2.30. The van der Waals surface area contributed by atoms with Gasteiger partial charge in [0.1, 0.15) is 12.4 Å². The van der Waals surface area contributed by atoms with Crippen molar-refractivity contribution in [1.29, 1.82) is 0 Å². The van der Waals surface area contributed by atoms with Crippen LogP contribution in [0.25, 0.3) is 0 Å². The first-order chi connectivity index (χ1) is 11.0. The number of non-ortho nitro benzene ring substituents is 1. The molecule has 0 aliphatic carbocycles. The summed E-state index contributed by atoms with van der Waals surface area (Å²) in [5.41, 5.74) is 1.53. The molecule has 7 heteroatoms. The minimum Gasteiger partial charge on any atom is -0.478 e. The van der Waals surface area contributed by atoms with Gasteiger partial charge in [-0.3, -0.25) is 10.1 Å². The van der Waals surface area contributed by atoms with Crippen LogP contribution in [0.1, 0.15) is 11.1 Å². The Morgan fingerprint density at radius 2 is 2.04 bits per heavy atom. The van der Waals surface area contributed by atoms with Gasteiger partial charge in [-0.05, 0) is 41.5 Å². The fraction of sp³-hybridized carbons (Fsp3) is 0.188. The van der Waals surface area contributed by atoms with Crippen LogP contribution < -0.4 is 4.74 Å².